The first kappa shape index (κ1) is 25.3. The van der Waals surface area contributed by atoms with E-state index in [4.69, 9.17) is 4.98 Å². The van der Waals surface area contributed by atoms with Crippen LogP contribution < -0.4 is 11.2 Å². The van der Waals surface area contributed by atoms with E-state index in [2.05, 4.69) is 58.7 Å². The van der Waals surface area contributed by atoms with Gasteiger partial charge in [-0.1, -0.05) is 76.2 Å². The van der Waals surface area contributed by atoms with Gasteiger partial charge in [-0.15, -0.1) is 10.2 Å². The fraction of sp³-hybridized carbons (Fsp3) is 0.357. The normalized spacial score (nSPS) is 11.8. The van der Waals surface area contributed by atoms with Crippen LogP contribution in [0.2, 0.25) is 0 Å². The Kier molecular flexibility index (Phi) is 6.79. The number of hydrogen-bond acceptors (Lipinski definition) is 6. The van der Waals surface area contributed by atoms with Gasteiger partial charge in [0.2, 0.25) is 5.82 Å². The molecule has 196 valence electrons. The second-order valence-corrected chi connectivity index (χ2v) is 10.2. The lowest BCUT2D eigenvalue weighted by Gasteiger charge is -2.14. The number of tetrazole rings is 1. The molecule has 3 aromatic heterocycles. The van der Waals surface area contributed by atoms with Gasteiger partial charge in [0, 0.05) is 31.1 Å². The zero-order valence-electron chi connectivity index (χ0n) is 22.3. The first-order valence-corrected chi connectivity index (χ1v) is 13.0. The van der Waals surface area contributed by atoms with Crippen LogP contribution in [-0.4, -0.2) is 39.3 Å². The van der Waals surface area contributed by atoms with Gasteiger partial charge in [-0.05, 0) is 34.7 Å². The van der Waals surface area contributed by atoms with Gasteiger partial charge in [0.25, 0.3) is 5.56 Å². The third-order valence-corrected chi connectivity index (χ3v) is 6.64. The molecular weight excluding hydrogens is 480 g/mol. The Morgan fingerprint density at radius 1 is 0.895 bits per heavy atom. The summed E-state index contributed by atoms with van der Waals surface area (Å²) in [7, 11) is 0. The number of imidazole rings is 1. The van der Waals surface area contributed by atoms with Crippen molar-refractivity contribution in [3.8, 4) is 22.5 Å². The molecular formula is C28H32N8O2. The molecule has 0 atom stereocenters. The SMILES string of the molecule is CCn1c(=O)n(CC(C)C)c(=O)c2c1nc(C(C)C)n2Cc1ccc(-c2ccccc2-c2nn[nH]n2)cc1. The van der Waals surface area contributed by atoms with Crippen LogP contribution in [0.25, 0.3) is 33.7 Å². The van der Waals surface area contributed by atoms with Crippen LogP contribution in [-0.2, 0) is 19.6 Å². The minimum Gasteiger partial charge on any atom is -0.317 e. The molecule has 0 aliphatic heterocycles. The number of aromatic nitrogens is 8. The van der Waals surface area contributed by atoms with Crippen molar-refractivity contribution < 1.29 is 0 Å². The van der Waals surface area contributed by atoms with E-state index in [0.29, 0.717) is 36.6 Å². The van der Waals surface area contributed by atoms with Gasteiger partial charge < -0.3 is 4.57 Å². The van der Waals surface area contributed by atoms with E-state index in [9.17, 15) is 9.59 Å². The van der Waals surface area contributed by atoms with E-state index in [0.717, 1.165) is 28.1 Å². The third-order valence-electron chi connectivity index (χ3n) is 6.64. The predicted molar refractivity (Wildman–Crippen MR) is 147 cm³/mol. The van der Waals surface area contributed by atoms with Gasteiger partial charge in [-0.3, -0.25) is 13.9 Å². The summed E-state index contributed by atoms with van der Waals surface area (Å²) in [5.74, 6) is 1.55. The van der Waals surface area contributed by atoms with E-state index in [1.165, 1.54) is 4.57 Å². The van der Waals surface area contributed by atoms with Gasteiger partial charge in [-0.2, -0.15) is 5.21 Å². The summed E-state index contributed by atoms with van der Waals surface area (Å²) in [6, 6.07) is 16.2. The zero-order chi connectivity index (χ0) is 27.0. The molecule has 5 aromatic rings. The predicted octanol–water partition coefficient (Wildman–Crippen LogP) is 4.05. The Morgan fingerprint density at radius 2 is 1.61 bits per heavy atom. The summed E-state index contributed by atoms with van der Waals surface area (Å²) in [4.78, 5) is 31.6. The van der Waals surface area contributed by atoms with Crippen LogP contribution in [0.5, 0.6) is 0 Å². The number of fused-ring (bicyclic) bond motifs is 1. The Bertz CT molecular complexity index is 1690. The van der Waals surface area contributed by atoms with E-state index in [-0.39, 0.29) is 23.1 Å². The third kappa shape index (κ3) is 4.46. The van der Waals surface area contributed by atoms with E-state index in [1.807, 2.05) is 49.6 Å². The lowest BCUT2D eigenvalue weighted by molar-refractivity contribution is 0.477. The van der Waals surface area contributed by atoms with Crippen LogP contribution in [0, 0.1) is 5.92 Å². The molecule has 38 heavy (non-hydrogen) atoms. The number of hydrogen-bond donors (Lipinski definition) is 1. The summed E-state index contributed by atoms with van der Waals surface area (Å²) >= 11 is 0. The first-order chi connectivity index (χ1) is 18.3. The average Bonchev–Trinajstić information content (AvgIpc) is 3.56. The maximum Gasteiger partial charge on any atom is 0.332 e. The van der Waals surface area contributed by atoms with Gasteiger partial charge >= 0.3 is 5.69 Å². The highest BCUT2D eigenvalue weighted by atomic mass is 16.2. The van der Waals surface area contributed by atoms with Crippen molar-refractivity contribution >= 4 is 11.2 Å². The molecule has 0 radical (unpaired) electrons. The Labute approximate surface area is 220 Å². The lowest BCUT2D eigenvalue weighted by Crippen LogP contribution is -2.41. The maximum absolute atomic E-state index is 13.7. The first-order valence-electron chi connectivity index (χ1n) is 13.0. The van der Waals surface area contributed by atoms with Crippen molar-refractivity contribution in [3.63, 3.8) is 0 Å². The number of aryl methyl sites for hydroxylation is 1. The molecule has 0 saturated heterocycles. The van der Waals surface area contributed by atoms with Crippen LogP contribution >= 0.6 is 0 Å². The Balaban J connectivity index is 1.60. The second-order valence-electron chi connectivity index (χ2n) is 10.2. The molecule has 0 fully saturated rings. The highest BCUT2D eigenvalue weighted by Gasteiger charge is 2.23. The van der Waals surface area contributed by atoms with Crippen LogP contribution in [0.4, 0.5) is 0 Å². The smallest absolute Gasteiger partial charge is 0.317 e. The van der Waals surface area contributed by atoms with Crippen molar-refractivity contribution in [2.45, 2.75) is 60.2 Å². The topological polar surface area (TPSA) is 116 Å². The van der Waals surface area contributed by atoms with E-state index >= 15 is 0 Å². The summed E-state index contributed by atoms with van der Waals surface area (Å²) in [6.07, 6.45) is 0. The molecule has 0 unspecified atom stereocenters. The van der Waals surface area contributed by atoms with Gasteiger partial charge in [0.15, 0.2) is 11.2 Å². The van der Waals surface area contributed by atoms with E-state index in [1.54, 1.807) is 4.57 Å². The fourth-order valence-corrected chi connectivity index (χ4v) is 4.90. The molecule has 10 nitrogen and oxygen atoms in total. The number of H-pyrrole nitrogens is 1. The standard InChI is InChI=1S/C28H32N8O2/c1-6-34-26-23(27(37)36(28(34)38)15-17(2)3)35(25(29-26)18(4)5)16-19-11-13-20(14-12-19)21-9-7-8-10-22(21)24-30-32-33-31-24/h7-14,17-18H,6,15-16H2,1-5H3,(H,30,31,32,33). The minimum atomic E-state index is -0.303. The van der Waals surface area contributed by atoms with Crippen LogP contribution in [0.15, 0.2) is 58.1 Å². The summed E-state index contributed by atoms with van der Waals surface area (Å²) in [6.45, 7) is 11.3. The molecule has 0 aliphatic rings. The lowest BCUT2D eigenvalue weighted by atomic mass is 9.98. The van der Waals surface area contributed by atoms with Gasteiger partial charge in [0.1, 0.15) is 5.82 Å². The van der Waals surface area contributed by atoms with Crippen LogP contribution in [0.3, 0.4) is 0 Å². The molecule has 0 saturated carbocycles. The largest absolute Gasteiger partial charge is 0.332 e. The number of aromatic amines is 1. The maximum atomic E-state index is 13.7. The second kappa shape index (κ2) is 10.2. The van der Waals surface area contributed by atoms with Crippen molar-refractivity contribution in [2.75, 3.05) is 0 Å². The molecule has 3 heterocycles. The minimum absolute atomic E-state index is 0.0712. The molecule has 0 amide bonds. The summed E-state index contributed by atoms with van der Waals surface area (Å²) < 4.78 is 4.95. The van der Waals surface area contributed by atoms with E-state index < -0.39 is 0 Å². The van der Waals surface area contributed by atoms with Crippen molar-refractivity contribution in [1.82, 2.24) is 39.3 Å². The summed E-state index contributed by atoms with van der Waals surface area (Å²) in [5.41, 5.74) is 4.28. The monoisotopic (exact) mass is 512 g/mol. The molecule has 0 aliphatic carbocycles. The number of nitrogens with zero attached hydrogens (tertiary/aromatic N) is 7. The molecule has 5 rings (SSSR count). The van der Waals surface area contributed by atoms with Crippen molar-refractivity contribution in [3.05, 3.63) is 80.8 Å². The number of rotatable bonds is 8. The zero-order valence-corrected chi connectivity index (χ0v) is 22.3. The Hall–Kier alpha value is -4.34. The quantitative estimate of drug-likeness (QED) is 0.335. The van der Waals surface area contributed by atoms with Gasteiger partial charge in [0.05, 0.1) is 0 Å². The number of nitrogens with one attached hydrogen (secondary N) is 1. The molecule has 1 N–H and O–H groups in total. The highest BCUT2D eigenvalue weighted by Crippen LogP contribution is 2.30. The molecule has 2 aromatic carbocycles. The Morgan fingerprint density at radius 3 is 2.21 bits per heavy atom. The average molecular weight is 513 g/mol. The number of benzene rings is 2. The summed E-state index contributed by atoms with van der Waals surface area (Å²) in [5, 5.41) is 14.5. The van der Waals surface area contributed by atoms with Crippen LogP contribution in [0.1, 0.15) is 51.9 Å². The van der Waals surface area contributed by atoms with Crippen molar-refractivity contribution in [2.24, 2.45) is 5.92 Å². The van der Waals surface area contributed by atoms with Gasteiger partial charge in [-0.25, -0.2) is 9.78 Å². The molecule has 0 bridgehead atoms. The van der Waals surface area contributed by atoms with Crippen molar-refractivity contribution in [1.29, 1.82) is 0 Å². The highest BCUT2D eigenvalue weighted by molar-refractivity contribution is 5.80. The fourth-order valence-electron chi connectivity index (χ4n) is 4.90. The molecule has 0 spiro atoms. The molecule has 10 heteroatoms.